The number of para-hydroxylation sites is 1. The predicted octanol–water partition coefficient (Wildman–Crippen LogP) is 8.50. The van der Waals surface area contributed by atoms with Gasteiger partial charge in [0.2, 0.25) is 5.95 Å². The first-order valence-corrected chi connectivity index (χ1v) is 18.5. The van der Waals surface area contributed by atoms with Crippen LogP contribution in [0.25, 0.3) is 28.3 Å². The first kappa shape index (κ1) is 35.2. The number of aryl methyl sites for hydroxylation is 1. The van der Waals surface area contributed by atoms with Crippen molar-refractivity contribution in [1.82, 2.24) is 24.3 Å². The molecule has 54 heavy (non-hydrogen) atoms. The molecule has 276 valence electrons. The highest BCUT2D eigenvalue weighted by atomic mass is 19.1. The largest absolute Gasteiger partial charge is 0.494 e. The van der Waals surface area contributed by atoms with Gasteiger partial charge in [0.15, 0.2) is 0 Å². The van der Waals surface area contributed by atoms with Crippen LogP contribution in [0.2, 0.25) is 0 Å². The highest BCUT2D eigenvalue weighted by molar-refractivity contribution is 6.05. The molecule has 3 aromatic carbocycles. The quantitative estimate of drug-likeness (QED) is 0.153. The highest BCUT2D eigenvalue weighted by Crippen LogP contribution is 2.37. The van der Waals surface area contributed by atoms with Crippen molar-refractivity contribution in [2.45, 2.75) is 45.1 Å². The summed E-state index contributed by atoms with van der Waals surface area (Å²) in [6, 6.07) is 22.5. The average Bonchev–Trinajstić information content (AvgIpc) is 3.60. The number of amides is 1. The predicted molar refractivity (Wildman–Crippen MR) is 208 cm³/mol. The van der Waals surface area contributed by atoms with Crippen LogP contribution in [0, 0.1) is 18.6 Å². The van der Waals surface area contributed by atoms with Crippen LogP contribution in [0.15, 0.2) is 91.3 Å². The Morgan fingerprint density at radius 3 is 2.43 bits per heavy atom. The van der Waals surface area contributed by atoms with E-state index in [0.717, 1.165) is 36.5 Å². The number of carbonyl (C=O) groups is 1. The Hall–Kier alpha value is -5.88. The number of hydrogen-bond acceptors (Lipinski definition) is 8. The topological polar surface area (TPSA) is 99.9 Å². The Labute approximate surface area is 312 Å². The summed E-state index contributed by atoms with van der Waals surface area (Å²) in [5.74, 6) is -1.30. The van der Waals surface area contributed by atoms with E-state index in [4.69, 9.17) is 14.7 Å². The third-order valence-corrected chi connectivity index (χ3v) is 10.5. The normalized spacial score (nSPS) is 15.4. The first-order valence-electron chi connectivity index (χ1n) is 18.5. The number of imidazole rings is 1. The molecule has 12 heteroatoms. The smallest absolute Gasteiger partial charge is 0.255 e. The Morgan fingerprint density at radius 1 is 0.870 bits per heavy atom. The molecular weight excluding hydrogens is 687 g/mol. The number of piperidine rings is 2. The molecule has 10 nitrogen and oxygen atoms in total. The van der Waals surface area contributed by atoms with Crippen LogP contribution in [0.4, 0.5) is 31.8 Å². The number of aromatic nitrogens is 4. The third kappa shape index (κ3) is 7.08. The van der Waals surface area contributed by atoms with Crippen LogP contribution in [-0.4, -0.2) is 69.5 Å². The van der Waals surface area contributed by atoms with Crippen LogP contribution < -0.4 is 20.3 Å². The molecule has 2 aliphatic rings. The number of likely N-dealkylation sites (tertiary alicyclic amines) is 1. The lowest BCUT2D eigenvalue weighted by molar-refractivity contribution is 0.102. The van der Waals surface area contributed by atoms with E-state index in [1.54, 1.807) is 31.5 Å². The minimum atomic E-state index is -0.859. The van der Waals surface area contributed by atoms with Gasteiger partial charge < -0.3 is 25.2 Å². The van der Waals surface area contributed by atoms with Gasteiger partial charge in [-0.25, -0.2) is 23.7 Å². The number of carbonyl (C=O) groups excluding carboxylic acids is 1. The molecule has 0 bridgehead atoms. The maximum absolute atomic E-state index is 14.3. The fraction of sp³-hybridized carbons (Fsp3) is 0.286. The number of ether oxygens (including phenoxy) is 1. The summed E-state index contributed by atoms with van der Waals surface area (Å²) in [5, 5.41) is 5.76. The molecule has 2 fully saturated rings. The summed E-state index contributed by atoms with van der Waals surface area (Å²) >= 11 is 0. The van der Waals surface area contributed by atoms with E-state index in [0.29, 0.717) is 46.0 Å². The van der Waals surface area contributed by atoms with E-state index in [-0.39, 0.29) is 5.56 Å². The lowest BCUT2D eigenvalue weighted by atomic mass is 9.98. The van der Waals surface area contributed by atoms with Gasteiger partial charge in [-0.15, -0.1) is 0 Å². The van der Waals surface area contributed by atoms with Crippen molar-refractivity contribution in [3.8, 4) is 28.4 Å². The zero-order valence-electron chi connectivity index (χ0n) is 30.4. The Bertz CT molecular complexity index is 2290. The summed E-state index contributed by atoms with van der Waals surface area (Å²) in [6.07, 6.45) is 9.90. The molecule has 1 amide bonds. The molecule has 2 N–H and O–H groups in total. The summed E-state index contributed by atoms with van der Waals surface area (Å²) in [7, 11) is 1.67. The molecule has 0 radical (unpaired) electrons. The van der Waals surface area contributed by atoms with Gasteiger partial charge in [0, 0.05) is 54.4 Å². The van der Waals surface area contributed by atoms with Crippen molar-refractivity contribution in [2.24, 2.45) is 0 Å². The van der Waals surface area contributed by atoms with Crippen molar-refractivity contribution in [3.05, 3.63) is 114 Å². The molecule has 8 rings (SSSR count). The summed E-state index contributed by atoms with van der Waals surface area (Å²) in [5.41, 5.74) is 5.90. The number of rotatable bonds is 9. The van der Waals surface area contributed by atoms with Crippen LogP contribution in [-0.2, 0) is 0 Å². The summed E-state index contributed by atoms with van der Waals surface area (Å²) in [4.78, 5) is 32.8. The fourth-order valence-corrected chi connectivity index (χ4v) is 7.76. The number of methoxy groups -OCH3 is 1. The van der Waals surface area contributed by atoms with Crippen molar-refractivity contribution in [2.75, 3.05) is 48.8 Å². The standard InChI is InChI=1S/C42H42F2N8O2/c1-27-24-34(36(54-2)26-35(27)51-22-16-30(17-23-51)50-19-5-3-6-20-50)47-42-45-18-15-33(46-42)40-38(48-37-14-4-7-21-52(37)40)28-10-8-11-29(25-28)41(53)49-39-31(43)12-9-13-32(39)44/h4,7-15,18,21,24-26,30H,3,5-6,16-17,19-20,22-23H2,1-2H3,(H,49,53)(H,45,46,47). The Kier molecular flexibility index (Phi) is 9.92. The molecule has 0 spiro atoms. The van der Waals surface area contributed by atoms with Gasteiger partial charge in [-0.05, 0) is 99.8 Å². The van der Waals surface area contributed by atoms with E-state index in [1.165, 1.54) is 56.9 Å². The Morgan fingerprint density at radius 2 is 1.65 bits per heavy atom. The number of nitrogens with zero attached hydrogens (tertiary/aromatic N) is 6. The van der Waals surface area contributed by atoms with Gasteiger partial charge >= 0.3 is 0 Å². The molecule has 0 saturated carbocycles. The van der Waals surface area contributed by atoms with E-state index in [1.807, 2.05) is 40.9 Å². The van der Waals surface area contributed by atoms with Crippen molar-refractivity contribution < 1.29 is 18.3 Å². The summed E-state index contributed by atoms with van der Waals surface area (Å²) < 4.78 is 36.5. The van der Waals surface area contributed by atoms with Crippen molar-refractivity contribution in [1.29, 1.82) is 0 Å². The van der Waals surface area contributed by atoms with Gasteiger partial charge in [0.25, 0.3) is 5.91 Å². The zero-order chi connectivity index (χ0) is 37.2. The SMILES string of the molecule is COc1cc(N2CCC(N3CCCCC3)CC2)c(C)cc1Nc1nccc(-c2c(-c3cccc(C(=O)Nc4c(F)cccc4F)c3)nc3ccccn23)n1. The number of nitrogens with one attached hydrogen (secondary N) is 2. The zero-order valence-corrected chi connectivity index (χ0v) is 30.4. The van der Waals surface area contributed by atoms with E-state index in [2.05, 4.69) is 44.5 Å². The van der Waals surface area contributed by atoms with E-state index >= 15 is 0 Å². The van der Waals surface area contributed by atoms with E-state index in [9.17, 15) is 13.6 Å². The maximum Gasteiger partial charge on any atom is 0.255 e. The van der Waals surface area contributed by atoms with Crippen LogP contribution in [0.5, 0.6) is 5.75 Å². The fourth-order valence-electron chi connectivity index (χ4n) is 7.76. The lowest BCUT2D eigenvalue weighted by Crippen LogP contribution is -2.46. The molecule has 3 aromatic heterocycles. The van der Waals surface area contributed by atoms with E-state index < -0.39 is 23.2 Å². The minimum Gasteiger partial charge on any atom is -0.494 e. The van der Waals surface area contributed by atoms with Gasteiger partial charge in [-0.3, -0.25) is 9.20 Å². The molecule has 0 atom stereocenters. The van der Waals surface area contributed by atoms with Gasteiger partial charge in [-0.1, -0.05) is 30.7 Å². The number of fused-ring (bicyclic) bond motifs is 1. The first-order chi connectivity index (χ1) is 26.4. The monoisotopic (exact) mass is 728 g/mol. The van der Waals surface area contributed by atoms with Gasteiger partial charge in [-0.2, -0.15) is 0 Å². The number of pyridine rings is 1. The van der Waals surface area contributed by atoms with Crippen molar-refractivity contribution in [3.63, 3.8) is 0 Å². The average molecular weight is 729 g/mol. The van der Waals surface area contributed by atoms with Gasteiger partial charge in [0.1, 0.15) is 28.7 Å². The van der Waals surface area contributed by atoms with Crippen molar-refractivity contribution >= 4 is 34.6 Å². The number of anilines is 4. The Balaban J connectivity index is 1.06. The maximum atomic E-state index is 14.3. The minimum absolute atomic E-state index is 0.209. The molecule has 2 aliphatic heterocycles. The molecule has 0 unspecified atom stereocenters. The number of hydrogen-bond donors (Lipinski definition) is 2. The van der Waals surface area contributed by atoms with Crippen LogP contribution in [0.3, 0.4) is 0 Å². The second-order valence-electron chi connectivity index (χ2n) is 13.9. The van der Waals surface area contributed by atoms with Crippen LogP contribution >= 0.6 is 0 Å². The third-order valence-electron chi connectivity index (χ3n) is 10.5. The number of halogens is 2. The van der Waals surface area contributed by atoms with Crippen LogP contribution in [0.1, 0.15) is 48.0 Å². The molecular formula is C42H42F2N8O2. The molecule has 0 aliphatic carbocycles. The molecule has 5 heterocycles. The molecule has 2 saturated heterocycles. The number of benzene rings is 3. The highest BCUT2D eigenvalue weighted by Gasteiger charge is 2.27. The second kappa shape index (κ2) is 15.2. The lowest BCUT2D eigenvalue weighted by Gasteiger charge is -2.41. The summed E-state index contributed by atoms with van der Waals surface area (Å²) in [6.45, 7) is 6.62. The second-order valence-corrected chi connectivity index (χ2v) is 13.9. The van der Waals surface area contributed by atoms with Gasteiger partial charge in [0.05, 0.1) is 29.9 Å². The molecule has 6 aromatic rings.